The summed E-state index contributed by atoms with van der Waals surface area (Å²) in [6.07, 6.45) is 0.845. The third-order valence-corrected chi connectivity index (χ3v) is 5.16. The summed E-state index contributed by atoms with van der Waals surface area (Å²) in [5, 5.41) is 6.38. The van der Waals surface area contributed by atoms with Gasteiger partial charge in [0.2, 0.25) is 0 Å². The fourth-order valence-electron chi connectivity index (χ4n) is 3.86. The van der Waals surface area contributed by atoms with Gasteiger partial charge >= 0.3 is 0 Å². The number of hydrogen-bond acceptors (Lipinski definition) is 2. The molecular weight excluding hydrogens is 360 g/mol. The molecule has 0 aliphatic rings. The van der Waals surface area contributed by atoms with Crippen LogP contribution >= 0.6 is 0 Å². The van der Waals surface area contributed by atoms with Crippen LogP contribution in [0.1, 0.15) is 6.42 Å². The van der Waals surface area contributed by atoms with E-state index in [0.717, 1.165) is 56.6 Å². The lowest BCUT2D eigenvalue weighted by atomic mass is 10.1. The smallest absolute Gasteiger partial charge is 0.167 e. The number of halogens is 2. The SMILES string of the molecule is CNCCCOc1c2[nH]c3ccc(F)cc3c2cc2c1[nH]c1ccc(F)cc12. The van der Waals surface area contributed by atoms with Crippen LogP contribution in [0, 0.1) is 11.6 Å². The summed E-state index contributed by atoms with van der Waals surface area (Å²) in [6, 6.07) is 11.3. The molecule has 0 fully saturated rings. The minimum Gasteiger partial charge on any atom is -0.489 e. The van der Waals surface area contributed by atoms with Crippen LogP contribution in [0.4, 0.5) is 8.78 Å². The van der Waals surface area contributed by atoms with Crippen molar-refractivity contribution in [3.63, 3.8) is 0 Å². The van der Waals surface area contributed by atoms with Gasteiger partial charge in [-0.05, 0) is 62.5 Å². The third kappa shape index (κ3) is 2.60. The van der Waals surface area contributed by atoms with Gasteiger partial charge in [0.25, 0.3) is 0 Å². The first kappa shape index (κ1) is 17.0. The van der Waals surface area contributed by atoms with Crippen LogP contribution in [0.3, 0.4) is 0 Å². The number of aromatic amines is 2. The van der Waals surface area contributed by atoms with Crippen LogP contribution in [0.25, 0.3) is 43.6 Å². The van der Waals surface area contributed by atoms with Crippen molar-refractivity contribution in [1.29, 1.82) is 0 Å². The Morgan fingerprint density at radius 2 is 1.39 bits per heavy atom. The Hall–Kier alpha value is -3.12. The van der Waals surface area contributed by atoms with Crippen molar-refractivity contribution in [3.05, 3.63) is 54.1 Å². The molecule has 0 bridgehead atoms. The number of H-pyrrole nitrogens is 2. The van der Waals surface area contributed by atoms with E-state index in [-0.39, 0.29) is 11.6 Å². The van der Waals surface area contributed by atoms with E-state index in [9.17, 15) is 8.78 Å². The highest BCUT2D eigenvalue weighted by Crippen LogP contribution is 2.41. The van der Waals surface area contributed by atoms with Crippen molar-refractivity contribution in [2.24, 2.45) is 0 Å². The first-order valence-electron chi connectivity index (χ1n) is 9.28. The Balaban J connectivity index is 1.83. The Bertz CT molecular complexity index is 1240. The number of benzene rings is 3. The van der Waals surface area contributed by atoms with Crippen molar-refractivity contribution >= 4 is 43.6 Å². The van der Waals surface area contributed by atoms with Crippen LogP contribution in [0.5, 0.6) is 5.75 Å². The summed E-state index contributed by atoms with van der Waals surface area (Å²) in [5.41, 5.74) is 3.29. The van der Waals surface area contributed by atoms with Crippen LogP contribution in [-0.2, 0) is 0 Å². The normalized spacial score (nSPS) is 12.0. The Kier molecular flexibility index (Phi) is 3.94. The Labute approximate surface area is 159 Å². The van der Waals surface area contributed by atoms with Gasteiger partial charge in [0, 0.05) is 32.6 Å². The van der Waals surface area contributed by atoms with Gasteiger partial charge in [0.1, 0.15) is 11.6 Å². The molecule has 28 heavy (non-hydrogen) atoms. The van der Waals surface area contributed by atoms with Gasteiger partial charge < -0.3 is 20.0 Å². The summed E-state index contributed by atoms with van der Waals surface area (Å²) in [4.78, 5) is 6.72. The van der Waals surface area contributed by atoms with Gasteiger partial charge in [-0.1, -0.05) is 0 Å². The summed E-state index contributed by atoms with van der Waals surface area (Å²) >= 11 is 0. The first-order valence-corrected chi connectivity index (χ1v) is 9.28. The zero-order valence-electron chi connectivity index (χ0n) is 15.3. The predicted molar refractivity (Wildman–Crippen MR) is 109 cm³/mol. The van der Waals surface area contributed by atoms with Crippen molar-refractivity contribution in [2.45, 2.75) is 6.42 Å². The van der Waals surface area contributed by atoms with Gasteiger partial charge in [0.15, 0.2) is 5.75 Å². The number of nitrogens with one attached hydrogen (secondary N) is 3. The molecule has 3 aromatic carbocycles. The molecule has 0 radical (unpaired) electrons. The number of fused-ring (bicyclic) bond motifs is 6. The fraction of sp³-hybridized carbons (Fsp3) is 0.182. The van der Waals surface area contributed by atoms with E-state index in [0.29, 0.717) is 12.4 Å². The Morgan fingerprint density at radius 3 is 1.93 bits per heavy atom. The maximum absolute atomic E-state index is 13.9. The summed E-state index contributed by atoms with van der Waals surface area (Å²) in [6.45, 7) is 1.37. The highest BCUT2D eigenvalue weighted by Gasteiger charge is 2.18. The Morgan fingerprint density at radius 1 is 0.821 bits per heavy atom. The molecule has 0 aliphatic heterocycles. The van der Waals surface area contributed by atoms with Crippen molar-refractivity contribution < 1.29 is 13.5 Å². The quantitative estimate of drug-likeness (QED) is 0.367. The molecule has 3 N–H and O–H groups in total. The molecule has 2 heterocycles. The minimum atomic E-state index is -0.296. The third-order valence-electron chi connectivity index (χ3n) is 5.16. The molecule has 0 aliphatic carbocycles. The van der Waals surface area contributed by atoms with E-state index in [4.69, 9.17) is 4.74 Å². The number of aromatic nitrogens is 2. The summed E-state index contributed by atoms with van der Waals surface area (Å²) < 4.78 is 33.9. The monoisotopic (exact) mass is 379 g/mol. The summed E-state index contributed by atoms with van der Waals surface area (Å²) in [7, 11) is 1.90. The zero-order chi connectivity index (χ0) is 19.3. The van der Waals surface area contributed by atoms with Crippen LogP contribution in [-0.4, -0.2) is 30.2 Å². The lowest BCUT2D eigenvalue weighted by Crippen LogP contribution is -2.11. The van der Waals surface area contributed by atoms with E-state index in [2.05, 4.69) is 15.3 Å². The summed E-state index contributed by atoms with van der Waals surface area (Å²) in [5.74, 6) is 0.0849. The maximum atomic E-state index is 13.9. The molecule has 0 saturated heterocycles. The standard InChI is InChI=1S/C22H19F2N3O/c1-25-7-2-8-28-22-20-16(14-9-12(23)3-5-18(14)26-20)11-17-15-10-13(24)4-6-19(15)27-21(17)22/h3-6,9-11,25-27H,2,7-8H2,1H3. The molecule has 4 nitrogen and oxygen atoms in total. The molecule has 5 rings (SSSR count). The number of hydrogen-bond donors (Lipinski definition) is 3. The van der Waals surface area contributed by atoms with E-state index >= 15 is 0 Å². The van der Waals surface area contributed by atoms with Crippen LogP contribution < -0.4 is 10.1 Å². The minimum absolute atomic E-state index is 0.296. The molecule has 142 valence electrons. The second kappa shape index (κ2) is 6.49. The van der Waals surface area contributed by atoms with Crippen molar-refractivity contribution in [2.75, 3.05) is 20.2 Å². The average molecular weight is 379 g/mol. The maximum Gasteiger partial charge on any atom is 0.167 e. The van der Waals surface area contributed by atoms with E-state index in [1.54, 1.807) is 12.1 Å². The average Bonchev–Trinajstić information content (AvgIpc) is 3.22. The topological polar surface area (TPSA) is 52.8 Å². The van der Waals surface area contributed by atoms with Gasteiger partial charge in [-0.3, -0.25) is 0 Å². The molecule has 0 saturated carbocycles. The molecule has 0 spiro atoms. The molecule has 5 aromatic rings. The van der Waals surface area contributed by atoms with Crippen LogP contribution in [0.15, 0.2) is 42.5 Å². The largest absolute Gasteiger partial charge is 0.489 e. The molecule has 0 unspecified atom stereocenters. The van der Waals surface area contributed by atoms with E-state index < -0.39 is 0 Å². The van der Waals surface area contributed by atoms with Crippen molar-refractivity contribution in [3.8, 4) is 5.75 Å². The molecule has 2 aromatic heterocycles. The van der Waals surface area contributed by atoms with Gasteiger partial charge in [-0.15, -0.1) is 0 Å². The van der Waals surface area contributed by atoms with Gasteiger partial charge in [-0.25, -0.2) is 8.78 Å². The van der Waals surface area contributed by atoms with Gasteiger partial charge in [-0.2, -0.15) is 0 Å². The molecule has 0 atom stereocenters. The lowest BCUT2D eigenvalue weighted by Gasteiger charge is -2.09. The van der Waals surface area contributed by atoms with Crippen LogP contribution in [0.2, 0.25) is 0 Å². The van der Waals surface area contributed by atoms with E-state index in [1.807, 2.05) is 13.1 Å². The molecular formula is C22H19F2N3O. The fourth-order valence-corrected chi connectivity index (χ4v) is 3.86. The second-order valence-electron chi connectivity index (χ2n) is 6.99. The highest BCUT2D eigenvalue weighted by molar-refractivity contribution is 6.20. The van der Waals surface area contributed by atoms with Crippen molar-refractivity contribution in [1.82, 2.24) is 15.3 Å². The highest BCUT2D eigenvalue weighted by atomic mass is 19.1. The zero-order valence-corrected chi connectivity index (χ0v) is 15.3. The second-order valence-corrected chi connectivity index (χ2v) is 6.99. The molecule has 6 heteroatoms. The first-order chi connectivity index (χ1) is 13.7. The number of rotatable bonds is 5. The predicted octanol–water partition coefficient (Wildman–Crippen LogP) is 5.22. The number of ether oxygens (including phenoxy) is 1. The van der Waals surface area contributed by atoms with E-state index in [1.165, 1.54) is 24.3 Å². The lowest BCUT2D eigenvalue weighted by molar-refractivity contribution is 0.316. The van der Waals surface area contributed by atoms with Gasteiger partial charge in [0.05, 0.1) is 17.6 Å². The molecule has 0 amide bonds.